The average Bonchev–Trinajstić information content (AvgIpc) is 2.38. The van der Waals surface area contributed by atoms with E-state index in [1.165, 1.54) is 5.56 Å². The first-order valence-electron chi connectivity index (χ1n) is 5.73. The summed E-state index contributed by atoms with van der Waals surface area (Å²) >= 11 is 1.69. The molecule has 0 amide bonds. The summed E-state index contributed by atoms with van der Waals surface area (Å²) in [6, 6.07) is 6.20. The molecule has 1 rings (SSSR count). The largest absolute Gasteiger partial charge is 0.496 e. The number of rotatable bonds is 7. The van der Waals surface area contributed by atoms with Gasteiger partial charge in [-0.3, -0.25) is 0 Å². The van der Waals surface area contributed by atoms with Crippen molar-refractivity contribution in [2.45, 2.75) is 18.4 Å². The Bertz CT molecular complexity index is 344. The molecule has 96 valence electrons. The molecule has 17 heavy (non-hydrogen) atoms. The van der Waals surface area contributed by atoms with E-state index in [0.29, 0.717) is 5.92 Å². The number of methoxy groups -OCH3 is 1. The third-order valence-corrected chi connectivity index (χ3v) is 3.34. The maximum Gasteiger partial charge on any atom is 0.132 e. The van der Waals surface area contributed by atoms with Crippen LogP contribution < -0.4 is 10.1 Å². The lowest BCUT2D eigenvalue weighted by atomic mass is 10.2. The minimum atomic E-state index is 0.228. The smallest absolute Gasteiger partial charge is 0.132 e. The molecule has 3 nitrogen and oxygen atoms in total. The van der Waals surface area contributed by atoms with Crippen LogP contribution in [0.25, 0.3) is 0 Å². The molecule has 0 heterocycles. The molecule has 0 aliphatic carbocycles. The Hall–Kier alpha value is -0.710. The van der Waals surface area contributed by atoms with E-state index in [4.69, 9.17) is 9.84 Å². The number of aliphatic hydroxyl groups is 1. The van der Waals surface area contributed by atoms with Gasteiger partial charge in [0.1, 0.15) is 5.75 Å². The summed E-state index contributed by atoms with van der Waals surface area (Å²) in [5.41, 5.74) is 1.24. The predicted octanol–water partition coefficient (Wildman–Crippen LogP) is 2.14. The Labute approximate surface area is 108 Å². The van der Waals surface area contributed by atoms with E-state index in [-0.39, 0.29) is 6.61 Å². The fraction of sp³-hybridized carbons (Fsp3) is 0.538. The van der Waals surface area contributed by atoms with Crippen molar-refractivity contribution in [3.8, 4) is 5.75 Å². The van der Waals surface area contributed by atoms with Crippen LogP contribution in [0.2, 0.25) is 0 Å². The molecule has 0 fully saturated rings. The van der Waals surface area contributed by atoms with Crippen LogP contribution >= 0.6 is 11.8 Å². The second-order valence-corrected chi connectivity index (χ2v) is 4.96. The maximum atomic E-state index is 8.92. The summed E-state index contributed by atoms with van der Waals surface area (Å²) in [6.07, 6.45) is 2.04. The van der Waals surface area contributed by atoms with Gasteiger partial charge in [0.25, 0.3) is 0 Å². The fourth-order valence-corrected chi connectivity index (χ4v) is 2.14. The third-order valence-electron chi connectivity index (χ3n) is 2.58. The van der Waals surface area contributed by atoms with Crippen LogP contribution in [0.4, 0.5) is 0 Å². The van der Waals surface area contributed by atoms with Crippen LogP contribution in [0.15, 0.2) is 23.1 Å². The Morgan fingerprint density at radius 1 is 1.47 bits per heavy atom. The highest BCUT2D eigenvalue weighted by Crippen LogP contribution is 2.28. The number of hydrogen-bond acceptors (Lipinski definition) is 4. The maximum absolute atomic E-state index is 8.92. The Morgan fingerprint density at radius 3 is 2.82 bits per heavy atom. The molecule has 0 aromatic heterocycles. The van der Waals surface area contributed by atoms with Crippen molar-refractivity contribution in [1.82, 2.24) is 5.32 Å². The first-order valence-corrected chi connectivity index (χ1v) is 6.96. The molecule has 0 spiro atoms. The molecule has 0 aliphatic heterocycles. The summed E-state index contributed by atoms with van der Waals surface area (Å²) in [6.45, 7) is 3.90. The van der Waals surface area contributed by atoms with Crippen molar-refractivity contribution in [3.05, 3.63) is 23.8 Å². The van der Waals surface area contributed by atoms with Gasteiger partial charge in [-0.1, -0.05) is 13.0 Å². The highest BCUT2D eigenvalue weighted by Gasteiger charge is 2.04. The molecule has 2 N–H and O–H groups in total. The number of thioether (sulfide) groups is 1. The lowest BCUT2D eigenvalue weighted by Crippen LogP contribution is -2.22. The van der Waals surface area contributed by atoms with Crippen molar-refractivity contribution in [1.29, 1.82) is 0 Å². The van der Waals surface area contributed by atoms with E-state index >= 15 is 0 Å². The second kappa shape index (κ2) is 7.58. The van der Waals surface area contributed by atoms with Crippen LogP contribution in [-0.2, 0) is 6.54 Å². The zero-order valence-electron chi connectivity index (χ0n) is 10.7. The quantitative estimate of drug-likeness (QED) is 0.732. The molecule has 1 atom stereocenters. The molecule has 1 aromatic carbocycles. The Balaban J connectivity index is 2.54. The first-order chi connectivity index (χ1) is 8.21. The van der Waals surface area contributed by atoms with Gasteiger partial charge < -0.3 is 15.2 Å². The van der Waals surface area contributed by atoms with Crippen LogP contribution in [0, 0.1) is 5.92 Å². The zero-order chi connectivity index (χ0) is 12.7. The summed E-state index contributed by atoms with van der Waals surface area (Å²) in [5, 5.41) is 12.3. The van der Waals surface area contributed by atoms with Gasteiger partial charge in [-0.2, -0.15) is 0 Å². The average molecular weight is 255 g/mol. The van der Waals surface area contributed by atoms with Crippen molar-refractivity contribution in [3.63, 3.8) is 0 Å². The van der Waals surface area contributed by atoms with E-state index in [9.17, 15) is 0 Å². The summed E-state index contributed by atoms with van der Waals surface area (Å²) in [7, 11) is 1.69. The lowest BCUT2D eigenvalue weighted by molar-refractivity contribution is 0.233. The summed E-state index contributed by atoms with van der Waals surface area (Å²) < 4.78 is 5.28. The van der Waals surface area contributed by atoms with Crippen molar-refractivity contribution >= 4 is 11.8 Å². The number of nitrogens with one attached hydrogen (secondary N) is 1. The monoisotopic (exact) mass is 255 g/mol. The van der Waals surface area contributed by atoms with Crippen LogP contribution in [0.3, 0.4) is 0 Å². The molecule has 1 aromatic rings. The van der Waals surface area contributed by atoms with E-state index in [0.717, 1.165) is 23.7 Å². The predicted molar refractivity (Wildman–Crippen MR) is 72.7 cm³/mol. The van der Waals surface area contributed by atoms with Gasteiger partial charge in [0.2, 0.25) is 0 Å². The summed E-state index contributed by atoms with van der Waals surface area (Å²) in [5.74, 6) is 1.22. The number of aliphatic hydroxyl groups excluding tert-OH is 1. The molecular weight excluding hydrogens is 234 g/mol. The van der Waals surface area contributed by atoms with Gasteiger partial charge in [-0.15, -0.1) is 11.8 Å². The van der Waals surface area contributed by atoms with Gasteiger partial charge in [-0.25, -0.2) is 0 Å². The first kappa shape index (κ1) is 14.4. The molecule has 1 unspecified atom stereocenters. The number of benzene rings is 1. The van der Waals surface area contributed by atoms with Crippen LogP contribution in [0.5, 0.6) is 5.75 Å². The van der Waals surface area contributed by atoms with E-state index < -0.39 is 0 Å². The summed E-state index contributed by atoms with van der Waals surface area (Å²) in [4.78, 5) is 1.15. The van der Waals surface area contributed by atoms with Gasteiger partial charge in [0.05, 0.1) is 7.11 Å². The van der Waals surface area contributed by atoms with Gasteiger partial charge in [0, 0.05) is 24.6 Å². The zero-order valence-corrected chi connectivity index (χ0v) is 11.5. The second-order valence-electron chi connectivity index (χ2n) is 4.11. The van der Waals surface area contributed by atoms with Gasteiger partial charge in [0.15, 0.2) is 0 Å². The van der Waals surface area contributed by atoms with Crippen molar-refractivity contribution in [2.24, 2.45) is 5.92 Å². The van der Waals surface area contributed by atoms with Crippen LogP contribution in [0.1, 0.15) is 12.5 Å². The van der Waals surface area contributed by atoms with E-state index in [1.54, 1.807) is 18.9 Å². The third kappa shape index (κ3) is 4.58. The molecule has 0 saturated carbocycles. The molecule has 0 bridgehead atoms. The molecule has 0 radical (unpaired) electrons. The highest BCUT2D eigenvalue weighted by atomic mass is 32.2. The van der Waals surface area contributed by atoms with Crippen LogP contribution in [-0.4, -0.2) is 31.6 Å². The normalized spacial score (nSPS) is 12.5. The molecule has 4 heteroatoms. The number of hydrogen-bond donors (Lipinski definition) is 2. The molecule has 0 aliphatic rings. The van der Waals surface area contributed by atoms with Crippen molar-refractivity contribution < 1.29 is 9.84 Å². The molecule has 0 saturated heterocycles. The Morgan fingerprint density at radius 2 is 2.24 bits per heavy atom. The lowest BCUT2D eigenvalue weighted by Gasteiger charge is -2.11. The van der Waals surface area contributed by atoms with E-state index in [2.05, 4.69) is 17.4 Å². The van der Waals surface area contributed by atoms with E-state index in [1.807, 2.05) is 19.2 Å². The van der Waals surface area contributed by atoms with Gasteiger partial charge >= 0.3 is 0 Å². The highest BCUT2D eigenvalue weighted by molar-refractivity contribution is 7.98. The molecular formula is C13H21NO2S. The van der Waals surface area contributed by atoms with Gasteiger partial charge in [-0.05, 0) is 29.9 Å². The SMILES string of the molecule is COc1ccc(CNCC(C)CO)cc1SC. The standard InChI is InChI=1S/C13H21NO2S/c1-10(9-15)7-14-8-11-4-5-12(16-2)13(6-11)17-3/h4-6,10,14-15H,7-9H2,1-3H3. The number of ether oxygens (including phenoxy) is 1. The minimum absolute atomic E-state index is 0.228. The Kier molecular flexibility index (Phi) is 6.40. The topological polar surface area (TPSA) is 41.5 Å². The van der Waals surface area contributed by atoms with Crippen molar-refractivity contribution in [2.75, 3.05) is 26.5 Å². The fourth-order valence-electron chi connectivity index (χ4n) is 1.52. The minimum Gasteiger partial charge on any atom is -0.496 e.